The highest BCUT2D eigenvalue weighted by molar-refractivity contribution is 7.87. The maximum atomic E-state index is 11.0. The second kappa shape index (κ2) is 6.76. The number of unbranched alkanes of at least 4 members (excludes halogenated alkanes) is 2. The van der Waals surface area contributed by atoms with Crippen LogP contribution in [0.2, 0.25) is 0 Å². The van der Waals surface area contributed by atoms with Gasteiger partial charge in [-0.05, 0) is 26.7 Å². The molecule has 100 valence electrons. The van der Waals surface area contributed by atoms with E-state index in [1.807, 2.05) is 0 Å². The van der Waals surface area contributed by atoms with Gasteiger partial charge in [-0.1, -0.05) is 19.4 Å². The minimum Gasteiger partial charge on any atom is -0.463 e. The van der Waals surface area contributed by atoms with E-state index in [9.17, 15) is 13.2 Å². The van der Waals surface area contributed by atoms with Gasteiger partial charge < -0.3 is 4.74 Å². The van der Waals surface area contributed by atoms with Gasteiger partial charge in [-0.2, -0.15) is 8.42 Å². The zero-order valence-electron chi connectivity index (χ0n) is 10.3. The van der Waals surface area contributed by atoms with Crippen LogP contribution in [-0.2, 0) is 19.6 Å². The highest BCUT2D eigenvalue weighted by Crippen LogP contribution is 2.22. The van der Waals surface area contributed by atoms with E-state index in [1.54, 1.807) is 0 Å². The summed E-state index contributed by atoms with van der Waals surface area (Å²) in [5.41, 5.74) is 0. The van der Waals surface area contributed by atoms with Gasteiger partial charge in [0.2, 0.25) is 0 Å². The third-order valence-electron chi connectivity index (χ3n) is 2.53. The predicted octanol–water partition coefficient (Wildman–Crippen LogP) is 1.94. The molecular weight excluding hydrogens is 244 g/mol. The summed E-state index contributed by atoms with van der Waals surface area (Å²) in [6.45, 7) is 6.54. The summed E-state index contributed by atoms with van der Waals surface area (Å²) in [7, 11) is -4.01. The van der Waals surface area contributed by atoms with Crippen molar-refractivity contribution in [3.05, 3.63) is 12.7 Å². The Morgan fingerprint density at radius 1 is 1.35 bits per heavy atom. The standard InChI is InChI=1S/C11H20O5S/c1-4-10(12)16-9-7-5-6-8-11(2,3)17(13,14)15/h4H,1,5-9H2,2-3H3,(H,13,14,15). The molecule has 0 aliphatic carbocycles. The number of hydrogen-bond acceptors (Lipinski definition) is 4. The van der Waals surface area contributed by atoms with Gasteiger partial charge in [0.05, 0.1) is 11.4 Å². The van der Waals surface area contributed by atoms with Crippen molar-refractivity contribution in [3.63, 3.8) is 0 Å². The number of esters is 1. The molecule has 0 aromatic rings. The van der Waals surface area contributed by atoms with Crippen LogP contribution in [0.4, 0.5) is 0 Å². The molecular formula is C11H20O5S. The molecule has 0 bridgehead atoms. The van der Waals surface area contributed by atoms with Crippen LogP contribution in [-0.4, -0.2) is 30.3 Å². The molecule has 0 saturated carbocycles. The van der Waals surface area contributed by atoms with Crippen LogP contribution in [0.5, 0.6) is 0 Å². The lowest BCUT2D eigenvalue weighted by Crippen LogP contribution is -2.31. The first-order valence-corrected chi connectivity index (χ1v) is 6.91. The molecule has 0 aliphatic heterocycles. The Kier molecular flexibility index (Phi) is 6.41. The Morgan fingerprint density at radius 3 is 2.41 bits per heavy atom. The van der Waals surface area contributed by atoms with E-state index >= 15 is 0 Å². The molecule has 5 nitrogen and oxygen atoms in total. The zero-order valence-corrected chi connectivity index (χ0v) is 11.1. The second-order valence-corrected chi connectivity index (χ2v) is 6.47. The molecule has 0 radical (unpaired) electrons. The summed E-state index contributed by atoms with van der Waals surface area (Å²) in [6, 6.07) is 0. The van der Waals surface area contributed by atoms with Crippen LogP contribution in [0.25, 0.3) is 0 Å². The van der Waals surface area contributed by atoms with E-state index in [4.69, 9.17) is 9.29 Å². The Morgan fingerprint density at radius 2 is 1.94 bits per heavy atom. The van der Waals surface area contributed by atoms with E-state index in [1.165, 1.54) is 13.8 Å². The normalized spacial score (nSPS) is 12.2. The van der Waals surface area contributed by atoms with Crippen LogP contribution >= 0.6 is 0 Å². The summed E-state index contributed by atoms with van der Waals surface area (Å²) in [5, 5.41) is 0. The maximum Gasteiger partial charge on any atom is 0.330 e. The van der Waals surface area contributed by atoms with Gasteiger partial charge in [-0.3, -0.25) is 4.55 Å². The molecule has 0 unspecified atom stereocenters. The monoisotopic (exact) mass is 264 g/mol. The summed E-state index contributed by atoms with van der Waals surface area (Å²) in [5.74, 6) is -0.455. The quantitative estimate of drug-likeness (QED) is 0.313. The molecule has 0 atom stereocenters. The first-order valence-electron chi connectivity index (χ1n) is 5.47. The van der Waals surface area contributed by atoms with Crippen molar-refractivity contribution >= 4 is 16.1 Å². The van der Waals surface area contributed by atoms with Crippen molar-refractivity contribution < 1.29 is 22.5 Å². The molecule has 0 rings (SSSR count). The van der Waals surface area contributed by atoms with Crippen molar-refractivity contribution in [2.75, 3.05) is 6.61 Å². The maximum absolute atomic E-state index is 11.0. The fraction of sp³-hybridized carbons (Fsp3) is 0.727. The van der Waals surface area contributed by atoms with Gasteiger partial charge in [0.25, 0.3) is 10.1 Å². The average molecular weight is 264 g/mol. The third kappa shape index (κ3) is 6.43. The van der Waals surface area contributed by atoms with Crippen LogP contribution in [0.3, 0.4) is 0 Å². The van der Waals surface area contributed by atoms with Gasteiger partial charge in [-0.25, -0.2) is 4.79 Å². The summed E-state index contributed by atoms with van der Waals surface area (Å²) < 4.78 is 34.5. The van der Waals surface area contributed by atoms with Crippen LogP contribution in [0.1, 0.15) is 39.5 Å². The lowest BCUT2D eigenvalue weighted by Gasteiger charge is -2.20. The highest BCUT2D eigenvalue weighted by atomic mass is 32.2. The molecule has 0 heterocycles. The average Bonchev–Trinajstić information content (AvgIpc) is 2.21. The number of hydrogen-bond donors (Lipinski definition) is 1. The fourth-order valence-corrected chi connectivity index (χ4v) is 1.59. The summed E-state index contributed by atoms with van der Waals surface area (Å²) >= 11 is 0. The van der Waals surface area contributed by atoms with Crippen LogP contribution in [0.15, 0.2) is 12.7 Å². The summed E-state index contributed by atoms with van der Waals surface area (Å²) in [6.07, 6.45) is 3.53. The molecule has 17 heavy (non-hydrogen) atoms. The fourth-order valence-electron chi connectivity index (χ4n) is 1.19. The highest BCUT2D eigenvalue weighted by Gasteiger charge is 2.31. The molecule has 0 spiro atoms. The largest absolute Gasteiger partial charge is 0.463 e. The zero-order chi connectivity index (χ0) is 13.5. The SMILES string of the molecule is C=CC(=O)OCCCCCC(C)(C)S(=O)(=O)O. The van der Waals surface area contributed by atoms with Gasteiger partial charge in [0.15, 0.2) is 0 Å². The minimum absolute atomic E-state index is 0.303. The van der Waals surface area contributed by atoms with Crippen molar-refractivity contribution in [2.45, 2.75) is 44.3 Å². The van der Waals surface area contributed by atoms with E-state index in [2.05, 4.69) is 6.58 Å². The van der Waals surface area contributed by atoms with E-state index in [-0.39, 0.29) is 0 Å². The second-order valence-electron chi connectivity index (χ2n) is 4.42. The third-order valence-corrected chi connectivity index (χ3v) is 4.13. The Labute approximate surface area is 103 Å². The lowest BCUT2D eigenvalue weighted by atomic mass is 10.0. The molecule has 0 fully saturated rings. The number of carbonyl (C=O) groups excluding carboxylic acids is 1. The number of carbonyl (C=O) groups is 1. The van der Waals surface area contributed by atoms with Gasteiger partial charge in [0.1, 0.15) is 0 Å². The Bertz CT molecular complexity index is 356. The van der Waals surface area contributed by atoms with Crippen molar-refractivity contribution in [1.29, 1.82) is 0 Å². The Hall–Kier alpha value is -0.880. The van der Waals surface area contributed by atoms with Crippen LogP contribution < -0.4 is 0 Å². The van der Waals surface area contributed by atoms with E-state index in [0.29, 0.717) is 25.9 Å². The molecule has 1 N–H and O–H groups in total. The molecule has 0 saturated heterocycles. The van der Waals surface area contributed by atoms with Crippen molar-refractivity contribution in [2.24, 2.45) is 0 Å². The van der Waals surface area contributed by atoms with Gasteiger partial charge >= 0.3 is 5.97 Å². The molecule has 0 aliphatic rings. The number of rotatable bonds is 8. The minimum atomic E-state index is -4.01. The summed E-state index contributed by atoms with van der Waals surface area (Å²) in [4.78, 5) is 10.7. The van der Waals surface area contributed by atoms with Gasteiger partial charge in [-0.15, -0.1) is 0 Å². The molecule has 6 heteroatoms. The lowest BCUT2D eigenvalue weighted by molar-refractivity contribution is -0.137. The smallest absolute Gasteiger partial charge is 0.330 e. The molecule has 0 amide bonds. The predicted molar refractivity (Wildman–Crippen MR) is 65.3 cm³/mol. The molecule has 0 aromatic carbocycles. The topological polar surface area (TPSA) is 80.7 Å². The van der Waals surface area contributed by atoms with Crippen molar-refractivity contribution in [1.82, 2.24) is 0 Å². The van der Waals surface area contributed by atoms with Gasteiger partial charge in [0, 0.05) is 6.08 Å². The first kappa shape index (κ1) is 16.1. The van der Waals surface area contributed by atoms with E-state index in [0.717, 1.165) is 12.5 Å². The van der Waals surface area contributed by atoms with E-state index < -0.39 is 20.8 Å². The Balaban J connectivity index is 3.73. The number of ether oxygens (including phenoxy) is 1. The molecule has 0 aromatic heterocycles. The first-order chi connectivity index (χ1) is 7.70. The van der Waals surface area contributed by atoms with Crippen molar-refractivity contribution in [3.8, 4) is 0 Å². The van der Waals surface area contributed by atoms with Crippen LogP contribution in [0, 0.1) is 0 Å².